The SMILES string of the molecule is CC(Sc1nnc(N2CCCCC2)n1Cc1ccco1)C(=O)Nc1cccc2ccccc12. The molecule has 1 amide bonds. The molecule has 2 aromatic carbocycles. The van der Waals surface area contributed by atoms with E-state index < -0.39 is 0 Å². The van der Waals surface area contributed by atoms with Crippen molar-refractivity contribution in [2.24, 2.45) is 0 Å². The zero-order valence-electron chi connectivity index (χ0n) is 18.6. The Morgan fingerprint density at radius 3 is 2.70 bits per heavy atom. The van der Waals surface area contributed by atoms with Crippen LogP contribution in [0.1, 0.15) is 31.9 Å². The number of carbonyl (C=O) groups excluding carboxylic acids is 1. The van der Waals surface area contributed by atoms with Crippen LogP contribution in [0.2, 0.25) is 0 Å². The fourth-order valence-corrected chi connectivity index (χ4v) is 5.02. The molecule has 1 saturated heterocycles. The molecule has 1 N–H and O–H groups in total. The fourth-order valence-electron chi connectivity index (χ4n) is 4.17. The number of amides is 1. The summed E-state index contributed by atoms with van der Waals surface area (Å²) in [5.41, 5.74) is 0.816. The molecule has 1 aliphatic heterocycles. The van der Waals surface area contributed by atoms with Gasteiger partial charge in [-0.25, -0.2) is 0 Å². The van der Waals surface area contributed by atoms with E-state index in [0.29, 0.717) is 11.7 Å². The third kappa shape index (κ3) is 4.75. The number of nitrogens with zero attached hydrogens (tertiary/aromatic N) is 4. The number of rotatable bonds is 7. The van der Waals surface area contributed by atoms with Crippen molar-refractivity contribution in [3.63, 3.8) is 0 Å². The zero-order chi connectivity index (χ0) is 22.6. The minimum atomic E-state index is -0.349. The molecule has 0 aliphatic carbocycles. The Bertz CT molecular complexity index is 1230. The van der Waals surface area contributed by atoms with Crippen LogP contribution in [0.15, 0.2) is 70.4 Å². The molecule has 0 bridgehead atoms. The molecule has 1 fully saturated rings. The summed E-state index contributed by atoms with van der Waals surface area (Å²) in [6.07, 6.45) is 5.23. The molecular weight excluding hydrogens is 434 g/mol. The third-order valence-corrected chi connectivity index (χ3v) is 7.01. The standard InChI is InChI=1S/C25H27N5O2S/c1-18(23(31)26-22-13-7-10-19-9-3-4-12-21(19)22)33-25-28-27-24(29-14-5-2-6-15-29)30(25)17-20-11-8-16-32-20/h3-4,7-13,16,18H,2,5-6,14-15,17H2,1H3,(H,26,31). The Hall–Kier alpha value is -3.26. The maximum absolute atomic E-state index is 13.1. The van der Waals surface area contributed by atoms with Gasteiger partial charge in [0.2, 0.25) is 11.9 Å². The van der Waals surface area contributed by atoms with Gasteiger partial charge in [0.1, 0.15) is 5.76 Å². The predicted octanol–water partition coefficient (Wildman–Crippen LogP) is 5.18. The van der Waals surface area contributed by atoms with Crippen LogP contribution >= 0.6 is 11.8 Å². The Morgan fingerprint density at radius 1 is 1.06 bits per heavy atom. The maximum Gasteiger partial charge on any atom is 0.237 e. The Kier molecular flexibility index (Phi) is 6.35. The highest BCUT2D eigenvalue weighted by Gasteiger charge is 2.24. The molecule has 0 radical (unpaired) electrons. The summed E-state index contributed by atoms with van der Waals surface area (Å²) in [5, 5.41) is 14.6. The lowest BCUT2D eigenvalue weighted by Gasteiger charge is -2.27. The maximum atomic E-state index is 13.1. The highest BCUT2D eigenvalue weighted by atomic mass is 32.2. The smallest absolute Gasteiger partial charge is 0.237 e. The van der Waals surface area contributed by atoms with Crippen molar-refractivity contribution < 1.29 is 9.21 Å². The van der Waals surface area contributed by atoms with Crippen molar-refractivity contribution in [1.82, 2.24) is 14.8 Å². The molecule has 1 atom stereocenters. The zero-order valence-corrected chi connectivity index (χ0v) is 19.4. The quantitative estimate of drug-likeness (QED) is 0.382. The highest BCUT2D eigenvalue weighted by molar-refractivity contribution is 8.00. The van der Waals surface area contributed by atoms with Crippen molar-refractivity contribution in [2.45, 2.75) is 43.1 Å². The van der Waals surface area contributed by atoms with Gasteiger partial charge in [0.15, 0.2) is 5.16 Å². The van der Waals surface area contributed by atoms with Gasteiger partial charge in [0.05, 0.1) is 18.1 Å². The monoisotopic (exact) mass is 461 g/mol. The minimum Gasteiger partial charge on any atom is -0.467 e. The summed E-state index contributed by atoms with van der Waals surface area (Å²) in [6.45, 7) is 4.37. The number of benzene rings is 2. The number of nitrogens with one attached hydrogen (secondary N) is 1. The van der Waals surface area contributed by atoms with Crippen molar-refractivity contribution in [1.29, 1.82) is 0 Å². The first-order chi connectivity index (χ1) is 16.2. The summed E-state index contributed by atoms with van der Waals surface area (Å²) in [4.78, 5) is 15.4. The number of hydrogen-bond acceptors (Lipinski definition) is 6. The van der Waals surface area contributed by atoms with E-state index in [0.717, 1.165) is 54.1 Å². The highest BCUT2D eigenvalue weighted by Crippen LogP contribution is 2.30. The number of hydrogen-bond donors (Lipinski definition) is 1. The summed E-state index contributed by atoms with van der Waals surface area (Å²) in [6, 6.07) is 17.8. The minimum absolute atomic E-state index is 0.0663. The molecule has 1 unspecified atom stereocenters. The van der Waals surface area contributed by atoms with Crippen LogP contribution in [0, 0.1) is 0 Å². The topological polar surface area (TPSA) is 76.2 Å². The molecule has 4 aromatic rings. The van der Waals surface area contributed by atoms with Gasteiger partial charge in [-0.2, -0.15) is 0 Å². The lowest BCUT2D eigenvalue weighted by molar-refractivity contribution is -0.115. The largest absolute Gasteiger partial charge is 0.467 e. The lowest BCUT2D eigenvalue weighted by Crippen LogP contribution is -2.32. The van der Waals surface area contributed by atoms with E-state index >= 15 is 0 Å². The summed E-state index contributed by atoms with van der Waals surface area (Å²) < 4.78 is 7.66. The molecular formula is C25H27N5O2S. The van der Waals surface area contributed by atoms with Crippen molar-refractivity contribution >= 4 is 40.1 Å². The number of piperidine rings is 1. The molecule has 7 nitrogen and oxygen atoms in total. The number of furan rings is 1. The first-order valence-corrected chi connectivity index (χ1v) is 12.2. The molecule has 0 saturated carbocycles. The molecule has 170 valence electrons. The van der Waals surface area contributed by atoms with Gasteiger partial charge in [-0.3, -0.25) is 9.36 Å². The normalized spacial score (nSPS) is 15.0. The van der Waals surface area contributed by atoms with Crippen molar-refractivity contribution in [3.8, 4) is 0 Å². The Morgan fingerprint density at radius 2 is 1.88 bits per heavy atom. The average molecular weight is 462 g/mol. The van der Waals surface area contributed by atoms with Crippen LogP contribution in [-0.4, -0.2) is 39.0 Å². The first-order valence-electron chi connectivity index (χ1n) is 11.3. The second-order valence-corrected chi connectivity index (χ2v) is 9.58. The van der Waals surface area contributed by atoms with Crippen LogP contribution in [-0.2, 0) is 11.3 Å². The molecule has 2 aromatic heterocycles. The average Bonchev–Trinajstić information content (AvgIpc) is 3.50. The van der Waals surface area contributed by atoms with Crippen LogP contribution in [0.25, 0.3) is 10.8 Å². The fraction of sp³-hybridized carbons (Fsp3) is 0.320. The summed E-state index contributed by atoms with van der Waals surface area (Å²) >= 11 is 1.42. The van der Waals surface area contributed by atoms with Gasteiger partial charge >= 0.3 is 0 Å². The summed E-state index contributed by atoms with van der Waals surface area (Å²) in [5.74, 6) is 1.61. The summed E-state index contributed by atoms with van der Waals surface area (Å²) in [7, 11) is 0. The molecule has 5 rings (SSSR count). The van der Waals surface area contributed by atoms with E-state index in [-0.39, 0.29) is 11.2 Å². The number of aromatic nitrogens is 3. The van der Waals surface area contributed by atoms with E-state index in [2.05, 4.69) is 25.0 Å². The van der Waals surface area contributed by atoms with E-state index in [1.807, 2.05) is 61.5 Å². The Labute approximate surface area is 197 Å². The predicted molar refractivity (Wildman–Crippen MR) is 132 cm³/mol. The van der Waals surface area contributed by atoms with Gasteiger partial charge in [-0.1, -0.05) is 48.2 Å². The van der Waals surface area contributed by atoms with Gasteiger partial charge in [0, 0.05) is 24.2 Å². The van der Waals surface area contributed by atoms with E-state index in [4.69, 9.17) is 4.42 Å². The third-order valence-electron chi connectivity index (χ3n) is 5.93. The number of carbonyl (C=O) groups is 1. The molecule has 8 heteroatoms. The van der Waals surface area contributed by atoms with Crippen LogP contribution in [0.4, 0.5) is 11.6 Å². The molecule has 1 aliphatic rings. The van der Waals surface area contributed by atoms with Gasteiger partial charge < -0.3 is 14.6 Å². The van der Waals surface area contributed by atoms with E-state index in [1.165, 1.54) is 18.2 Å². The molecule has 33 heavy (non-hydrogen) atoms. The van der Waals surface area contributed by atoms with Crippen molar-refractivity contribution in [3.05, 3.63) is 66.6 Å². The number of anilines is 2. The van der Waals surface area contributed by atoms with Gasteiger partial charge in [-0.05, 0) is 49.8 Å². The van der Waals surface area contributed by atoms with Crippen LogP contribution < -0.4 is 10.2 Å². The van der Waals surface area contributed by atoms with Gasteiger partial charge in [-0.15, -0.1) is 10.2 Å². The van der Waals surface area contributed by atoms with E-state index in [1.54, 1.807) is 6.26 Å². The second kappa shape index (κ2) is 9.70. The van der Waals surface area contributed by atoms with Crippen molar-refractivity contribution in [2.75, 3.05) is 23.3 Å². The second-order valence-electron chi connectivity index (χ2n) is 8.27. The molecule has 0 spiro atoms. The van der Waals surface area contributed by atoms with E-state index in [9.17, 15) is 4.79 Å². The number of fused-ring (bicyclic) bond motifs is 1. The number of thioether (sulfide) groups is 1. The van der Waals surface area contributed by atoms with Crippen LogP contribution in [0.3, 0.4) is 0 Å². The molecule has 3 heterocycles. The van der Waals surface area contributed by atoms with Gasteiger partial charge in [0.25, 0.3) is 0 Å². The van der Waals surface area contributed by atoms with Crippen LogP contribution in [0.5, 0.6) is 0 Å². The Balaban J connectivity index is 1.36. The first kappa shape index (κ1) is 21.6. The lowest BCUT2D eigenvalue weighted by atomic mass is 10.1.